The Kier molecular flexibility index (Phi) is 2.24. The van der Waals surface area contributed by atoms with Gasteiger partial charge in [-0.25, -0.2) is 4.98 Å². The van der Waals surface area contributed by atoms with E-state index in [1.807, 2.05) is 6.92 Å². The van der Waals surface area contributed by atoms with Gasteiger partial charge >= 0.3 is 0 Å². The smallest absolute Gasteiger partial charge is 0.248 e. The lowest BCUT2D eigenvalue weighted by molar-refractivity contribution is 0.0837. The molecule has 0 bridgehead atoms. The summed E-state index contributed by atoms with van der Waals surface area (Å²) < 4.78 is 7.36. The Morgan fingerprint density at radius 1 is 1.63 bits per heavy atom. The van der Waals surface area contributed by atoms with Crippen LogP contribution in [0.25, 0.3) is 11.0 Å². The number of imidazole rings is 1. The maximum absolute atomic E-state index is 11.3. The van der Waals surface area contributed by atoms with E-state index in [0.717, 1.165) is 0 Å². The van der Waals surface area contributed by atoms with Gasteiger partial charge in [0.2, 0.25) is 11.9 Å². The van der Waals surface area contributed by atoms with Gasteiger partial charge in [0.25, 0.3) is 0 Å². The van der Waals surface area contributed by atoms with Gasteiger partial charge in [-0.2, -0.15) is 0 Å². The predicted octanol–water partition coefficient (Wildman–Crippen LogP) is -0.183. The Bertz CT molecular complexity index is 694. The summed E-state index contributed by atoms with van der Waals surface area (Å²) >= 11 is 0. The molecular formula is C12H14N4O3. The fourth-order valence-corrected chi connectivity index (χ4v) is 2.40. The zero-order valence-corrected chi connectivity index (χ0v) is 10.4. The van der Waals surface area contributed by atoms with Crippen molar-refractivity contribution in [3.8, 4) is 5.75 Å². The highest BCUT2D eigenvalue weighted by Gasteiger charge is 2.36. The summed E-state index contributed by atoms with van der Waals surface area (Å²) in [7, 11) is 0. The summed E-state index contributed by atoms with van der Waals surface area (Å²) in [5.41, 5.74) is 12.0. The molecule has 19 heavy (non-hydrogen) atoms. The maximum Gasteiger partial charge on any atom is 0.248 e. The maximum atomic E-state index is 11.3. The highest BCUT2D eigenvalue weighted by atomic mass is 16.5. The summed E-state index contributed by atoms with van der Waals surface area (Å²) in [6, 6.07) is 3.14. The first-order chi connectivity index (χ1) is 8.96. The number of amides is 1. The van der Waals surface area contributed by atoms with Crippen molar-refractivity contribution in [2.45, 2.75) is 12.5 Å². The number of carbonyl (C=O) groups excluding carboxylic acids is 1. The Balaban J connectivity index is 2.37. The number of rotatable bonds is 2. The van der Waals surface area contributed by atoms with Gasteiger partial charge < -0.3 is 21.3 Å². The van der Waals surface area contributed by atoms with Crippen LogP contribution in [0.5, 0.6) is 5.75 Å². The number of nitrogen functional groups attached to an aromatic ring is 1. The average molecular weight is 262 g/mol. The first-order valence-corrected chi connectivity index (χ1v) is 5.82. The molecule has 7 nitrogen and oxygen atoms in total. The number of hydrogen-bond acceptors (Lipinski definition) is 5. The van der Waals surface area contributed by atoms with E-state index in [4.69, 9.17) is 16.2 Å². The van der Waals surface area contributed by atoms with Crippen molar-refractivity contribution in [1.82, 2.24) is 9.55 Å². The lowest BCUT2D eigenvalue weighted by Crippen LogP contribution is -2.43. The largest absolute Gasteiger partial charge is 0.489 e. The quantitative estimate of drug-likeness (QED) is 0.694. The standard InChI is InChI=1S/C12H14N4O3/c1-12(4-17)5-19-8-3-6(10(13)18)2-7-9(8)16(12)11(14)15-7/h2-3,17H,4-5H2,1H3,(H2,13,18)(H2,14,15). The molecule has 100 valence electrons. The molecule has 1 amide bonds. The van der Waals surface area contributed by atoms with Crippen LogP contribution in [0.15, 0.2) is 12.1 Å². The van der Waals surface area contributed by atoms with Crippen molar-refractivity contribution in [3.05, 3.63) is 17.7 Å². The lowest BCUT2D eigenvalue weighted by atomic mass is 10.0. The van der Waals surface area contributed by atoms with Crippen molar-refractivity contribution in [2.24, 2.45) is 5.73 Å². The minimum atomic E-state index is -0.667. The molecule has 1 aromatic heterocycles. The number of carbonyl (C=O) groups is 1. The van der Waals surface area contributed by atoms with Crippen LogP contribution >= 0.6 is 0 Å². The van der Waals surface area contributed by atoms with Crippen molar-refractivity contribution in [1.29, 1.82) is 0 Å². The van der Waals surface area contributed by atoms with E-state index in [-0.39, 0.29) is 19.2 Å². The second-order valence-corrected chi connectivity index (χ2v) is 4.96. The molecule has 1 aliphatic heterocycles. The van der Waals surface area contributed by atoms with Crippen LogP contribution in [0.3, 0.4) is 0 Å². The summed E-state index contributed by atoms with van der Waals surface area (Å²) in [6.45, 7) is 1.95. The molecule has 0 aliphatic carbocycles. The Hall–Kier alpha value is -2.28. The monoisotopic (exact) mass is 262 g/mol. The highest BCUT2D eigenvalue weighted by Crippen LogP contribution is 2.38. The van der Waals surface area contributed by atoms with Crippen molar-refractivity contribution < 1.29 is 14.6 Å². The number of aliphatic hydroxyl groups excluding tert-OH is 1. The Labute approximate surface area is 108 Å². The molecule has 0 saturated carbocycles. The predicted molar refractivity (Wildman–Crippen MR) is 68.9 cm³/mol. The van der Waals surface area contributed by atoms with Crippen molar-refractivity contribution in [2.75, 3.05) is 18.9 Å². The topological polar surface area (TPSA) is 116 Å². The summed E-state index contributed by atoms with van der Waals surface area (Å²) in [5, 5.41) is 9.55. The van der Waals surface area contributed by atoms with Gasteiger partial charge in [0.15, 0.2) is 0 Å². The van der Waals surface area contributed by atoms with Gasteiger partial charge in [-0.15, -0.1) is 0 Å². The van der Waals surface area contributed by atoms with Crippen LogP contribution in [0.1, 0.15) is 17.3 Å². The number of aromatic nitrogens is 2. The van der Waals surface area contributed by atoms with Gasteiger partial charge in [-0.05, 0) is 19.1 Å². The average Bonchev–Trinajstić information content (AvgIpc) is 2.72. The highest BCUT2D eigenvalue weighted by molar-refractivity contribution is 5.99. The molecule has 0 saturated heterocycles. The van der Waals surface area contributed by atoms with Crippen LogP contribution < -0.4 is 16.2 Å². The van der Waals surface area contributed by atoms with Crippen molar-refractivity contribution >= 4 is 22.9 Å². The van der Waals surface area contributed by atoms with Crippen LogP contribution in [-0.2, 0) is 5.54 Å². The van der Waals surface area contributed by atoms with Gasteiger partial charge in [0.05, 0.1) is 12.1 Å². The third-order valence-corrected chi connectivity index (χ3v) is 3.45. The van der Waals surface area contributed by atoms with Gasteiger partial charge in [-0.3, -0.25) is 9.36 Å². The molecule has 2 heterocycles. The molecule has 2 aromatic rings. The first-order valence-electron chi connectivity index (χ1n) is 5.82. The minimum Gasteiger partial charge on any atom is -0.489 e. The van der Waals surface area contributed by atoms with E-state index in [2.05, 4.69) is 4.98 Å². The molecule has 3 rings (SSSR count). The Morgan fingerprint density at radius 2 is 2.37 bits per heavy atom. The second-order valence-electron chi connectivity index (χ2n) is 4.96. The second kappa shape index (κ2) is 3.61. The van der Waals surface area contributed by atoms with E-state index >= 15 is 0 Å². The number of primary amides is 1. The van der Waals surface area contributed by atoms with Gasteiger partial charge in [0, 0.05) is 5.56 Å². The SMILES string of the molecule is CC1(CO)COc2cc(C(N)=O)cc3nc(N)n1c23. The molecule has 0 fully saturated rings. The van der Waals surface area contributed by atoms with Crippen LogP contribution in [0.2, 0.25) is 0 Å². The van der Waals surface area contributed by atoms with Crippen LogP contribution in [-0.4, -0.2) is 33.8 Å². The molecule has 0 radical (unpaired) electrons. The first kappa shape index (κ1) is 11.8. The number of ether oxygens (including phenoxy) is 1. The number of benzene rings is 1. The molecule has 1 unspecified atom stereocenters. The molecule has 1 atom stereocenters. The molecule has 0 spiro atoms. The third-order valence-electron chi connectivity index (χ3n) is 3.45. The fourth-order valence-electron chi connectivity index (χ4n) is 2.40. The number of nitrogens with two attached hydrogens (primary N) is 2. The summed E-state index contributed by atoms with van der Waals surface area (Å²) in [6.07, 6.45) is 0. The van der Waals surface area contributed by atoms with Gasteiger partial charge in [-0.1, -0.05) is 0 Å². The summed E-state index contributed by atoms with van der Waals surface area (Å²) in [5.74, 6) is 0.226. The summed E-state index contributed by atoms with van der Waals surface area (Å²) in [4.78, 5) is 15.5. The van der Waals surface area contributed by atoms with E-state index in [0.29, 0.717) is 22.3 Å². The van der Waals surface area contributed by atoms with E-state index in [9.17, 15) is 9.90 Å². The van der Waals surface area contributed by atoms with Gasteiger partial charge in [0.1, 0.15) is 23.4 Å². The molecule has 1 aromatic carbocycles. The third kappa shape index (κ3) is 1.48. The van der Waals surface area contributed by atoms with E-state index in [1.165, 1.54) is 0 Å². The number of nitrogens with zero attached hydrogens (tertiary/aromatic N) is 2. The number of aliphatic hydroxyl groups is 1. The molecule has 7 heteroatoms. The van der Waals surface area contributed by atoms with Crippen LogP contribution in [0.4, 0.5) is 5.95 Å². The van der Waals surface area contributed by atoms with Crippen LogP contribution in [0, 0.1) is 0 Å². The lowest BCUT2D eigenvalue weighted by Gasteiger charge is -2.34. The fraction of sp³-hybridized carbons (Fsp3) is 0.333. The Morgan fingerprint density at radius 3 is 3.00 bits per heavy atom. The van der Waals surface area contributed by atoms with E-state index < -0.39 is 11.4 Å². The zero-order chi connectivity index (χ0) is 13.8. The van der Waals surface area contributed by atoms with E-state index in [1.54, 1.807) is 16.7 Å². The molecule has 1 aliphatic rings. The van der Waals surface area contributed by atoms with Crippen molar-refractivity contribution in [3.63, 3.8) is 0 Å². The number of anilines is 1. The molecule has 5 N–H and O–H groups in total. The normalized spacial score (nSPS) is 21.4. The minimum absolute atomic E-state index is 0.125. The zero-order valence-electron chi connectivity index (χ0n) is 10.4. The molecular weight excluding hydrogens is 248 g/mol. The number of hydrogen-bond donors (Lipinski definition) is 3.